The van der Waals surface area contributed by atoms with E-state index in [9.17, 15) is 21.6 Å². The Balaban J connectivity index is 1.76. The second-order valence-electron chi connectivity index (χ2n) is 7.09. The fraction of sp³-hybridized carbons (Fsp3) is 0.136. The van der Waals surface area contributed by atoms with E-state index in [0.717, 1.165) is 17.9 Å². The lowest BCUT2D eigenvalue weighted by Crippen LogP contribution is -2.08. The van der Waals surface area contributed by atoms with Crippen LogP contribution < -0.4 is 0 Å². The summed E-state index contributed by atoms with van der Waals surface area (Å²) in [5, 5.41) is 0. The standard InChI is InChI=1S/C22H16F3N3O2S/c1-13-20(28-19-5-3-4-18(21(19)27-13)22(23,24)25)15-8-6-14(7-9-15)16-10-17(12-26-11-16)31(2,29)30/h3-12H,1-2H3. The molecular weight excluding hydrogens is 427 g/mol. The van der Waals surface area contributed by atoms with Crippen molar-refractivity contribution in [2.75, 3.05) is 6.26 Å². The number of aryl methyl sites for hydroxylation is 1. The molecular formula is C22H16F3N3O2S. The summed E-state index contributed by atoms with van der Waals surface area (Å²) in [7, 11) is -3.39. The van der Waals surface area contributed by atoms with Gasteiger partial charge in [-0.25, -0.2) is 18.4 Å². The first-order valence-corrected chi connectivity index (χ1v) is 11.0. The van der Waals surface area contributed by atoms with Gasteiger partial charge in [0.25, 0.3) is 0 Å². The fourth-order valence-corrected chi connectivity index (χ4v) is 3.86. The van der Waals surface area contributed by atoms with Gasteiger partial charge in [-0.3, -0.25) is 4.98 Å². The fourth-order valence-electron chi connectivity index (χ4n) is 3.26. The molecule has 2 aromatic heterocycles. The van der Waals surface area contributed by atoms with Crippen molar-refractivity contribution in [2.24, 2.45) is 0 Å². The number of aromatic nitrogens is 3. The van der Waals surface area contributed by atoms with E-state index in [4.69, 9.17) is 0 Å². The Bertz CT molecular complexity index is 1400. The average molecular weight is 443 g/mol. The van der Waals surface area contributed by atoms with E-state index in [0.29, 0.717) is 22.5 Å². The van der Waals surface area contributed by atoms with Gasteiger partial charge in [0.2, 0.25) is 0 Å². The molecule has 0 unspecified atom stereocenters. The molecule has 0 bridgehead atoms. The summed E-state index contributed by atoms with van der Waals surface area (Å²) < 4.78 is 63.3. The number of para-hydroxylation sites is 1. The second-order valence-corrected chi connectivity index (χ2v) is 9.10. The van der Waals surface area contributed by atoms with Crippen LogP contribution in [0.4, 0.5) is 13.2 Å². The Morgan fingerprint density at radius 1 is 0.871 bits per heavy atom. The number of halogens is 3. The molecule has 31 heavy (non-hydrogen) atoms. The number of pyridine rings is 1. The van der Waals surface area contributed by atoms with E-state index < -0.39 is 21.6 Å². The number of benzene rings is 2. The van der Waals surface area contributed by atoms with Gasteiger partial charge in [-0.15, -0.1) is 0 Å². The van der Waals surface area contributed by atoms with Crippen LogP contribution in [-0.4, -0.2) is 29.6 Å². The first kappa shape index (κ1) is 20.9. The maximum Gasteiger partial charge on any atom is 0.418 e. The number of alkyl halides is 3. The third-order valence-electron chi connectivity index (χ3n) is 4.81. The predicted octanol–water partition coefficient (Wildman–Crippen LogP) is 5.09. The molecule has 9 heteroatoms. The highest BCUT2D eigenvalue weighted by atomic mass is 32.2. The molecule has 2 heterocycles. The minimum absolute atomic E-state index is 0.116. The average Bonchev–Trinajstić information content (AvgIpc) is 2.72. The van der Waals surface area contributed by atoms with Crippen LogP contribution in [0.5, 0.6) is 0 Å². The minimum atomic E-state index is -4.52. The van der Waals surface area contributed by atoms with Crippen LogP contribution in [0.15, 0.2) is 65.8 Å². The normalized spacial score (nSPS) is 12.3. The zero-order chi connectivity index (χ0) is 22.4. The molecule has 0 fully saturated rings. The van der Waals surface area contributed by atoms with Crippen LogP contribution in [0.3, 0.4) is 0 Å². The van der Waals surface area contributed by atoms with Crippen molar-refractivity contribution in [2.45, 2.75) is 18.0 Å². The van der Waals surface area contributed by atoms with E-state index in [1.165, 1.54) is 24.4 Å². The molecule has 0 atom stereocenters. The number of hydrogen-bond acceptors (Lipinski definition) is 5. The Morgan fingerprint density at radius 3 is 2.19 bits per heavy atom. The lowest BCUT2D eigenvalue weighted by atomic mass is 10.0. The molecule has 2 aromatic carbocycles. The van der Waals surface area contributed by atoms with Crippen LogP contribution in [0.1, 0.15) is 11.3 Å². The van der Waals surface area contributed by atoms with Gasteiger partial charge in [-0.05, 0) is 30.7 Å². The molecule has 4 aromatic rings. The summed E-state index contributed by atoms with van der Waals surface area (Å²) in [4.78, 5) is 12.7. The molecule has 0 aliphatic heterocycles. The smallest absolute Gasteiger partial charge is 0.263 e. The van der Waals surface area contributed by atoms with Crippen molar-refractivity contribution < 1.29 is 21.6 Å². The minimum Gasteiger partial charge on any atom is -0.263 e. The topological polar surface area (TPSA) is 72.8 Å². The SMILES string of the molecule is Cc1nc2c(C(F)(F)F)cccc2nc1-c1ccc(-c2cncc(S(C)(=O)=O)c2)cc1. The van der Waals surface area contributed by atoms with Gasteiger partial charge >= 0.3 is 6.18 Å². The van der Waals surface area contributed by atoms with Crippen LogP contribution >= 0.6 is 0 Å². The zero-order valence-corrected chi connectivity index (χ0v) is 17.3. The van der Waals surface area contributed by atoms with Crippen molar-refractivity contribution in [3.05, 3.63) is 72.2 Å². The highest BCUT2D eigenvalue weighted by molar-refractivity contribution is 7.90. The van der Waals surface area contributed by atoms with E-state index in [-0.39, 0.29) is 15.9 Å². The highest BCUT2D eigenvalue weighted by Crippen LogP contribution is 2.35. The largest absolute Gasteiger partial charge is 0.418 e. The summed E-state index contributed by atoms with van der Waals surface area (Å²) in [6.07, 6.45) is -0.555. The van der Waals surface area contributed by atoms with Gasteiger partial charge in [-0.2, -0.15) is 13.2 Å². The summed E-state index contributed by atoms with van der Waals surface area (Å²) in [6.45, 7) is 1.61. The first-order chi connectivity index (χ1) is 14.5. The van der Waals surface area contributed by atoms with Crippen molar-refractivity contribution >= 4 is 20.9 Å². The summed E-state index contributed by atoms with van der Waals surface area (Å²) >= 11 is 0. The molecule has 0 aliphatic rings. The molecule has 5 nitrogen and oxygen atoms in total. The molecule has 0 amide bonds. The zero-order valence-electron chi connectivity index (χ0n) is 16.5. The molecule has 0 radical (unpaired) electrons. The van der Waals surface area contributed by atoms with E-state index in [1.54, 1.807) is 37.4 Å². The molecule has 158 valence electrons. The number of sulfone groups is 1. The number of rotatable bonds is 3. The summed E-state index contributed by atoms with van der Waals surface area (Å²) in [5.41, 5.74) is 2.05. The van der Waals surface area contributed by atoms with Crippen LogP contribution in [0, 0.1) is 6.92 Å². The van der Waals surface area contributed by atoms with Crippen molar-refractivity contribution in [1.29, 1.82) is 0 Å². The van der Waals surface area contributed by atoms with E-state index in [1.807, 2.05) is 0 Å². The van der Waals surface area contributed by atoms with Crippen LogP contribution in [0.25, 0.3) is 33.4 Å². The monoisotopic (exact) mass is 443 g/mol. The summed E-state index contributed by atoms with van der Waals surface area (Å²) in [5.74, 6) is 0. The van der Waals surface area contributed by atoms with Gasteiger partial charge in [-0.1, -0.05) is 30.3 Å². The first-order valence-electron chi connectivity index (χ1n) is 9.14. The lowest BCUT2D eigenvalue weighted by molar-refractivity contribution is -0.136. The van der Waals surface area contributed by atoms with Gasteiger partial charge in [0, 0.05) is 29.8 Å². The third-order valence-corrected chi connectivity index (χ3v) is 5.89. The van der Waals surface area contributed by atoms with Gasteiger partial charge in [0.05, 0.1) is 27.4 Å². The van der Waals surface area contributed by atoms with Crippen molar-refractivity contribution in [3.63, 3.8) is 0 Å². The Kier molecular flexibility index (Phi) is 5.01. The quantitative estimate of drug-likeness (QED) is 0.441. The molecule has 4 rings (SSSR count). The molecule has 0 saturated carbocycles. The maximum absolute atomic E-state index is 13.3. The van der Waals surface area contributed by atoms with Crippen LogP contribution in [0.2, 0.25) is 0 Å². The van der Waals surface area contributed by atoms with Gasteiger partial charge in [0.1, 0.15) is 5.52 Å². The Hall–Kier alpha value is -3.33. The maximum atomic E-state index is 13.3. The highest BCUT2D eigenvalue weighted by Gasteiger charge is 2.33. The predicted molar refractivity (Wildman–Crippen MR) is 111 cm³/mol. The second kappa shape index (κ2) is 7.42. The van der Waals surface area contributed by atoms with Gasteiger partial charge < -0.3 is 0 Å². The van der Waals surface area contributed by atoms with Crippen LogP contribution in [-0.2, 0) is 16.0 Å². The lowest BCUT2D eigenvalue weighted by Gasteiger charge is -2.12. The van der Waals surface area contributed by atoms with Crippen molar-refractivity contribution in [1.82, 2.24) is 15.0 Å². The number of fused-ring (bicyclic) bond motifs is 1. The van der Waals surface area contributed by atoms with Crippen molar-refractivity contribution in [3.8, 4) is 22.4 Å². The Morgan fingerprint density at radius 2 is 1.55 bits per heavy atom. The number of nitrogens with zero attached hydrogens (tertiary/aromatic N) is 3. The van der Waals surface area contributed by atoms with E-state index in [2.05, 4.69) is 15.0 Å². The molecule has 0 aliphatic carbocycles. The third kappa shape index (κ3) is 4.13. The van der Waals surface area contributed by atoms with Gasteiger partial charge in [0.15, 0.2) is 9.84 Å². The molecule has 0 N–H and O–H groups in total. The molecule has 0 spiro atoms. The van der Waals surface area contributed by atoms with E-state index >= 15 is 0 Å². The Labute approximate surface area is 176 Å². The summed E-state index contributed by atoms with van der Waals surface area (Å²) in [6, 6.07) is 12.4. The molecule has 0 saturated heterocycles. The number of hydrogen-bond donors (Lipinski definition) is 0.